The van der Waals surface area contributed by atoms with Gasteiger partial charge in [0, 0.05) is 56.8 Å². The van der Waals surface area contributed by atoms with E-state index in [4.69, 9.17) is 9.47 Å². The minimum absolute atomic E-state index is 0.109. The van der Waals surface area contributed by atoms with Gasteiger partial charge in [0.05, 0.1) is 18.1 Å². The van der Waals surface area contributed by atoms with E-state index in [0.29, 0.717) is 54.9 Å². The second-order valence-corrected chi connectivity index (χ2v) is 13.6. The monoisotopic (exact) mass is 607 g/mol. The Labute approximate surface area is 251 Å². The maximum Gasteiger partial charge on any atom is 0.269 e. The van der Waals surface area contributed by atoms with E-state index in [2.05, 4.69) is 10.4 Å². The summed E-state index contributed by atoms with van der Waals surface area (Å²) in [6, 6.07) is 14.6. The first-order valence-corrected chi connectivity index (χ1v) is 16.2. The molecular formula is C31H37N5O6S. The molecule has 1 saturated heterocycles. The summed E-state index contributed by atoms with van der Waals surface area (Å²) < 4.78 is 39.8. The van der Waals surface area contributed by atoms with Crippen LogP contribution < -0.4 is 14.8 Å². The van der Waals surface area contributed by atoms with E-state index in [-0.39, 0.29) is 30.2 Å². The fraction of sp³-hybridized carbons (Fsp3) is 0.452. The summed E-state index contributed by atoms with van der Waals surface area (Å²) in [5.41, 5.74) is 3.70. The number of methoxy groups -OCH3 is 1. The Balaban J connectivity index is 1.03. The highest BCUT2D eigenvalue weighted by Crippen LogP contribution is 2.39. The number of nitrogens with one attached hydrogen (secondary N) is 1. The smallest absolute Gasteiger partial charge is 0.269 e. The number of piperazine rings is 1. The van der Waals surface area contributed by atoms with Gasteiger partial charge in [-0.3, -0.25) is 14.3 Å². The van der Waals surface area contributed by atoms with Crippen LogP contribution in [0.3, 0.4) is 0 Å². The number of hydrogen-bond donors (Lipinski definition) is 1. The Kier molecular flexibility index (Phi) is 8.15. The molecule has 0 spiro atoms. The molecule has 0 unspecified atom stereocenters. The molecular weight excluding hydrogens is 570 g/mol. The molecule has 0 atom stereocenters. The Morgan fingerprint density at radius 2 is 1.72 bits per heavy atom. The molecule has 2 saturated carbocycles. The molecule has 11 nitrogen and oxygen atoms in total. The van der Waals surface area contributed by atoms with E-state index < -0.39 is 10.0 Å². The highest BCUT2D eigenvalue weighted by molar-refractivity contribution is 7.90. The molecule has 0 radical (unpaired) electrons. The van der Waals surface area contributed by atoms with Crippen LogP contribution in [0.2, 0.25) is 0 Å². The van der Waals surface area contributed by atoms with Crippen LogP contribution in [-0.2, 0) is 30.2 Å². The van der Waals surface area contributed by atoms with Crippen molar-refractivity contribution in [3.05, 3.63) is 76.6 Å². The fourth-order valence-electron chi connectivity index (χ4n) is 5.40. The summed E-state index contributed by atoms with van der Waals surface area (Å²) in [5, 5.41) is 7.21. The number of aryl methyl sites for hydroxylation is 1. The third kappa shape index (κ3) is 6.40. The number of benzene rings is 2. The zero-order chi connectivity index (χ0) is 30.1. The molecule has 1 N–H and O–H groups in total. The zero-order valence-corrected chi connectivity index (χ0v) is 25.3. The van der Waals surface area contributed by atoms with Crippen molar-refractivity contribution in [3.8, 4) is 11.5 Å². The molecule has 1 aliphatic heterocycles. The minimum atomic E-state index is -3.21. The number of hydrogen-bond acceptors (Lipinski definition) is 7. The molecule has 43 heavy (non-hydrogen) atoms. The Bertz CT molecular complexity index is 1600. The lowest BCUT2D eigenvalue weighted by Gasteiger charge is -2.34. The van der Waals surface area contributed by atoms with Crippen molar-refractivity contribution in [2.24, 2.45) is 7.05 Å². The predicted molar refractivity (Wildman–Crippen MR) is 160 cm³/mol. The minimum Gasteiger partial charge on any atom is -0.493 e. The van der Waals surface area contributed by atoms with E-state index in [0.717, 1.165) is 42.5 Å². The molecule has 12 heteroatoms. The third-order valence-electron chi connectivity index (χ3n) is 8.26. The third-order valence-corrected chi connectivity index (χ3v) is 10.7. The van der Waals surface area contributed by atoms with Crippen LogP contribution in [-0.4, -0.2) is 77.8 Å². The molecule has 2 aromatic carbocycles. The number of ether oxygens (including phenoxy) is 2. The van der Waals surface area contributed by atoms with Gasteiger partial charge in [-0.2, -0.15) is 9.40 Å². The topological polar surface area (TPSA) is 123 Å². The van der Waals surface area contributed by atoms with E-state index in [1.165, 1.54) is 4.31 Å². The van der Waals surface area contributed by atoms with Gasteiger partial charge >= 0.3 is 0 Å². The molecule has 2 heterocycles. The van der Waals surface area contributed by atoms with Crippen molar-refractivity contribution < 1.29 is 27.5 Å². The highest BCUT2D eigenvalue weighted by atomic mass is 32.2. The molecule has 1 aromatic heterocycles. The average molecular weight is 608 g/mol. The number of carbonyl (C=O) groups excluding carboxylic acids is 2. The normalized spacial score (nSPS) is 17.5. The first-order chi connectivity index (χ1) is 20.7. The van der Waals surface area contributed by atoms with Crippen LogP contribution in [0.1, 0.15) is 69.3 Å². The van der Waals surface area contributed by atoms with Gasteiger partial charge in [0.25, 0.3) is 11.8 Å². The number of para-hydroxylation sites is 1. The molecule has 2 amide bonds. The number of carbonyl (C=O) groups is 2. The summed E-state index contributed by atoms with van der Waals surface area (Å²) in [6.45, 7) is 1.97. The van der Waals surface area contributed by atoms with E-state index >= 15 is 0 Å². The summed E-state index contributed by atoms with van der Waals surface area (Å²) in [4.78, 5) is 27.6. The number of nitrogens with zero attached hydrogens (tertiary/aromatic N) is 4. The van der Waals surface area contributed by atoms with Gasteiger partial charge in [0.1, 0.15) is 12.3 Å². The molecule has 3 aliphatic rings. The van der Waals surface area contributed by atoms with Crippen molar-refractivity contribution >= 4 is 21.8 Å². The van der Waals surface area contributed by atoms with Gasteiger partial charge in [0.2, 0.25) is 10.0 Å². The zero-order valence-electron chi connectivity index (χ0n) is 24.5. The Morgan fingerprint density at radius 3 is 2.37 bits per heavy atom. The molecule has 2 aliphatic carbocycles. The quantitative estimate of drug-likeness (QED) is 0.356. The second-order valence-electron chi connectivity index (χ2n) is 11.4. The number of aromatic nitrogens is 2. The molecule has 3 aromatic rings. The van der Waals surface area contributed by atoms with Gasteiger partial charge < -0.3 is 19.7 Å². The average Bonchev–Trinajstić information content (AvgIpc) is 3.96. The number of sulfonamides is 1. The van der Waals surface area contributed by atoms with Crippen molar-refractivity contribution in [2.75, 3.05) is 33.3 Å². The van der Waals surface area contributed by atoms with Crippen LogP contribution in [0.15, 0.2) is 48.5 Å². The Morgan fingerprint density at radius 1 is 1.00 bits per heavy atom. The van der Waals surface area contributed by atoms with E-state index in [1.54, 1.807) is 35.9 Å². The second kappa shape index (κ2) is 12.0. The van der Waals surface area contributed by atoms with E-state index in [9.17, 15) is 18.0 Å². The summed E-state index contributed by atoms with van der Waals surface area (Å²) >= 11 is 0. The first-order valence-electron chi connectivity index (χ1n) is 14.7. The number of rotatable bonds is 11. The summed E-state index contributed by atoms with van der Waals surface area (Å²) in [7, 11) is 0.134. The predicted octanol–water partition coefficient (Wildman–Crippen LogP) is 3.07. The van der Waals surface area contributed by atoms with Crippen molar-refractivity contribution in [1.29, 1.82) is 0 Å². The standard InChI is InChI=1S/C31H37N5O6S/c1-34-27(18-26(33-34)22-10-11-22)30(37)32-19-24-4-3-5-28(29(24)41-2)42-20-21-6-8-23(9-7-21)31(38)35-14-16-36(17-15-35)43(39,40)25-12-13-25/h3-9,18,22,25H,10-17,19-20H2,1-2H3,(H,32,37). The largest absolute Gasteiger partial charge is 0.493 e. The lowest BCUT2D eigenvalue weighted by molar-refractivity contribution is 0.0697. The Hall–Kier alpha value is -3.90. The van der Waals surface area contributed by atoms with Gasteiger partial charge in [-0.1, -0.05) is 24.3 Å². The molecule has 6 rings (SSSR count). The molecule has 3 fully saturated rings. The fourth-order valence-corrected chi connectivity index (χ4v) is 7.23. The van der Waals surface area contributed by atoms with Crippen LogP contribution in [0.4, 0.5) is 0 Å². The highest BCUT2D eigenvalue weighted by Gasteiger charge is 2.41. The van der Waals surface area contributed by atoms with Crippen LogP contribution in [0, 0.1) is 0 Å². The van der Waals surface area contributed by atoms with Crippen LogP contribution >= 0.6 is 0 Å². The summed E-state index contributed by atoms with van der Waals surface area (Å²) in [6.07, 6.45) is 3.72. The van der Waals surface area contributed by atoms with Crippen LogP contribution in [0.5, 0.6) is 11.5 Å². The molecule has 228 valence electrons. The lowest BCUT2D eigenvalue weighted by Crippen LogP contribution is -2.51. The lowest BCUT2D eigenvalue weighted by atomic mass is 10.1. The van der Waals surface area contributed by atoms with Gasteiger partial charge in [-0.15, -0.1) is 0 Å². The molecule has 0 bridgehead atoms. The van der Waals surface area contributed by atoms with Crippen molar-refractivity contribution in [2.45, 2.75) is 50.0 Å². The SMILES string of the molecule is COc1c(CNC(=O)c2cc(C3CC3)nn2C)cccc1OCc1ccc(C(=O)N2CCN(S(=O)(=O)C3CC3)CC2)cc1. The number of amides is 2. The van der Waals surface area contributed by atoms with Crippen molar-refractivity contribution in [1.82, 2.24) is 24.3 Å². The summed E-state index contributed by atoms with van der Waals surface area (Å²) in [5.74, 6) is 1.25. The van der Waals surface area contributed by atoms with E-state index in [1.807, 2.05) is 36.4 Å². The van der Waals surface area contributed by atoms with Crippen LogP contribution in [0.25, 0.3) is 0 Å². The maximum absolute atomic E-state index is 13.0. The first kappa shape index (κ1) is 29.2. The van der Waals surface area contributed by atoms with Gasteiger partial charge in [0.15, 0.2) is 11.5 Å². The van der Waals surface area contributed by atoms with Gasteiger partial charge in [-0.25, -0.2) is 8.42 Å². The van der Waals surface area contributed by atoms with Crippen molar-refractivity contribution in [3.63, 3.8) is 0 Å². The maximum atomic E-state index is 13.0. The van der Waals surface area contributed by atoms with Gasteiger partial charge in [-0.05, 0) is 55.5 Å².